The Morgan fingerprint density at radius 2 is 1.16 bits per heavy atom. The van der Waals surface area contributed by atoms with E-state index in [2.05, 4.69) is 0 Å². The van der Waals surface area contributed by atoms with Gasteiger partial charge in [0, 0.05) is 0 Å². The number of aliphatic hydroxyl groups excluding tert-OH is 2. The lowest BCUT2D eigenvalue weighted by molar-refractivity contribution is -0.278. The number of benzene rings is 3. The highest BCUT2D eigenvalue weighted by Gasteiger charge is 2.49. The highest BCUT2D eigenvalue weighted by atomic mass is 16.6. The zero-order valence-corrected chi connectivity index (χ0v) is 21.6. The van der Waals surface area contributed by atoms with Crippen LogP contribution in [0.5, 0.6) is 0 Å². The van der Waals surface area contributed by atoms with Crippen LogP contribution in [0.4, 0.5) is 0 Å². The molecule has 1 fully saturated rings. The van der Waals surface area contributed by atoms with Crippen molar-refractivity contribution in [1.82, 2.24) is 0 Å². The summed E-state index contributed by atoms with van der Waals surface area (Å²) < 4.78 is 25.1. The molecule has 6 atom stereocenters. The molecule has 0 amide bonds. The minimum Gasteiger partial charge on any atom is -0.390 e. The molecule has 0 radical (unpaired) electrons. The van der Waals surface area contributed by atoms with Gasteiger partial charge < -0.3 is 29.2 Å². The molecule has 0 spiro atoms. The molecule has 198 valence electrons. The number of aliphatic hydroxyl groups is 2. The second-order valence-electron chi connectivity index (χ2n) is 9.89. The predicted molar refractivity (Wildman–Crippen MR) is 142 cm³/mol. The Morgan fingerprint density at radius 3 is 1.65 bits per heavy atom. The summed E-state index contributed by atoms with van der Waals surface area (Å²) in [7, 11) is 0. The first-order valence-electron chi connectivity index (χ1n) is 13.0. The molecular weight excluding hydrogens is 468 g/mol. The molecule has 0 aromatic heterocycles. The summed E-state index contributed by atoms with van der Waals surface area (Å²) in [5.74, 6) is -0.109. The first kappa shape index (κ1) is 27.5. The van der Waals surface area contributed by atoms with E-state index in [4.69, 9.17) is 18.9 Å². The molecule has 6 heteroatoms. The summed E-state index contributed by atoms with van der Waals surface area (Å²) in [6.07, 6.45) is -4.65. The lowest BCUT2D eigenvalue weighted by atomic mass is 9.88. The van der Waals surface area contributed by atoms with Gasteiger partial charge in [-0.25, -0.2) is 0 Å². The SMILES string of the molecule is CC(C)[C@H](O)[C@H]1O[C@H](COCc2ccccc2)[C@@H](OCc2ccccc2)[C@H](OCc2ccccc2)[C@@H]1O. The average molecular weight is 507 g/mol. The summed E-state index contributed by atoms with van der Waals surface area (Å²) in [6.45, 7) is 5.09. The van der Waals surface area contributed by atoms with Gasteiger partial charge in [-0.2, -0.15) is 0 Å². The normalized spacial score (nSPS) is 24.7. The zero-order chi connectivity index (χ0) is 26.0. The molecule has 1 saturated heterocycles. The molecule has 0 saturated carbocycles. The van der Waals surface area contributed by atoms with Crippen molar-refractivity contribution in [3.8, 4) is 0 Å². The van der Waals surface area contributed by atoms with E-state index in [1.54, 1.807) is 0 Å². The van der Waals surface area contributed by atoms with Crippen LogP contribution in [0.15, 0.2) is 91.0 Å². The lowest BCUT2D eigenvalue weighted by Gasteiger charge is -2.46. The van der Waals surface area contributed by atoms with Gasteiger partial charge in [0.1, 0.15) is 30.5 Å². The van der Waals surface area contributed by atoms with Gasteiger partial charge in [-0.05, 0) is 22.6 Å². The fourth-order valence-electron chi connectivity index (χ4n) is 4.54. The smallest absolute Gasteiger partial charge is 0.115 e. The van der Waals surface area contributed by atoms with E-state index in [9.17, 15) is 10.2 Å². The second kappa shape index (κ2) is 13.8. The molecule has 6 nitrogen and oxygen atoms in total. The van der Waals surface area contributed by atoms with Crippen LogP contribution in [0, 0.1) is 5.92 Å². The van der Waals surface area contributed by atoms with Crippen LogP contribution < -0.4 is 0 Å². The Balaban J connectivity index is 1.55. The maximum absolute atomic E-state index is 11.4. The van der Waals surface area contributed by atoms with Crippen LogP contribution in [-0.2, 0) is 38.8 Å². The van der Waals surface area contributed by atoms with Crippen molar-refractivity contribution in [1.29, 1.82) is 0 Å². The first-order valence-corrected chi connectivity index (χ1v) is 13.0. The number of hydrogen-bond acceptors (Lipinski definition) is 6. The van der Waals surface area contributed by atoms with Gasteiger partial charge >= 0.3 is 0 Å². The van der Waals surface area contributed by atoms with Gasteiger partial charge in [0.2, 0.25) is 0 Å². The van der Waals surface area contributed by atoms with Crippen molar-refractivity contribution in [3.63, 3.8) is 0 Å². The molecule has 0 bridgehead atoms. The predicted octanol–water partition coefficient (Wildman–Crippen LogP) is 4.52. The molecule has 0 unspecified atom stereocenters. The van der Waals surface area contributed by atoms with E-state index < -0.39 is 36.6 Å². The van der Waals surface area contributed by atoms with Crippen molar-refractivity contribution in [2.45, 2.75) is 70.3 Å². The molecule has 3 aromatic rings. The van der Waals surface area contributed by atoms with Crippen LogP contribution in [0.25, 0.3) is 0 Å². The summed E-state index contributed by atoms with van der Waals surface area (Å²) in [5.41, 5.74) is 3.05. The summed E-state index contributed by atoms with van der Waals surface area (Å²) in [6, 6.07) is 29.6. The average Bonchev–Trinajstić information content (AvgIpc) is 2.93. The van der Waals surface area contributed by atoms with Crippen molar-refractivity contribution in [2.24, 2.45) is 5.92 Å². The summed E-state index contributed by atoms with van der Waals surface area (Å²) >= 11 is 0. The third-order valence-corrected chi connectivity index (χ3v) is 6.68. The lowest BCUT2D eigenvalue weighted by Crippen LogP contribution is -2.63. The van der Waals surface area contributed by atoms with E-state index in [1.807, 2.05) is 105 Å². The molecule has 2 N–H and O–H groups in total. The fourth-order valence-corrected chi connectivity index (χ4v) is 4.54. The number of ether oxygens (including phenoxy) is 4. The first-order chi connectivity index (χ1) is 18.0. The minimum absolute atomic E-state index is 0.109. The van der Waals surface area contributed by atoms with E-state index in [0.29, 0.717) is 19.8 Å². The van der Waals surface area contributed by atoms with Gasteiger partial charge in [0.25, 0.3) is 0 Å². The highest BCUT2D eigenvalue weighted by molar-refractivity contribution is 5.15. The van der Waals surface area contributed by atoms with Gasteiger partial charge in [-0.1, -0.05) is 105 Å². The Kier molecular flexibility index (Phi) is 10.3. The number of hydrogen-bond donors (Lipinski definition) is 2. The van der Waals surface area contributed by atoms with Gasteiger partial charge in [0.15, 0.2) is 0 Å². The summed E-state index contributed by atoms with van der Waals surface area (Å²) in [5, 5.41) is 22.3. The molecule has 3 aromatic carbocycles. The van der Waals surface area contributed by atoms with Gasteiger partial charge in [-0.3, -0.25) is 0 Å². The Morgan fingerprint density at radius 1 is 0.703 bits per heavy atom. The van der Waals surface area contributed by atoms with Gasteiger partial charge in [-0.15, -0.1) is 0 Å². The molecule has 1 heterocycles. The molecular formula is C31H38O6. The Labute approximate surface area is 219 Å². The van der Waals surface area contributed by atoms with Crippen LogP contribution >= 0.6 is 0 Å². The third-order valence-electron chi connectivity index (χ3n) is 6.68. The second-order valence-corrected chi connectivity index (χ2v) is 9.89. The zero-order valence-electron chi connectivity index (χ0n) is 21.6. The molecule has 37 heavy (non-hydrogen) atoms. The van der Waals surface area contributed by atoms with Crippen molar-refractivity contribution in [3.05, 3.63) is 108 Å². The number of rotatable bonds is 12. The Hall–Kier alpha value is -2.58. The van der Waals surface area contributed by atoms with E-state index in [0.717, 1.165) is 16.7 Å². The Bertz CT molecular complexity index is 1030. The van der Waals surface area contributed by atoms with Crippen LogP contribution in [0.3, 0.4) is 0 Å². The van der Waals surface area contributed by atoms with Crippen LogP contribution in [0.2, 0.25) is 0 Å². The maximum atomic E-state index is 11.4. The van der Waals surface area contributed by atoms with Crippen molar-refractivity contribution < 1.29 is 29.2 Å². The molecule has 1 aliphatic heterocycles. The van der Waals surface area contributed by atoms with E-state index in [-0.39, 0.29) is 12.5 Å². The monoisotopic (exact) mass is 506 g/mol. The van der Waals surface area contributed by atoms with Crippen molar-refractivity contribution >= 4 is 0 Å². The third kappa shape index (κ3) is 7.71. The van der Waals surface area contributed by atoms with E-state index in [1.165, 1.54) is 0 Å². The molecule has 1 aliphatic rings. The molecule has 0 aliphatic carbocycles. The summed E-state index contributed by atoms with van der Waals surface area (Å²) in [4.78, 5) is 0. The quantitative estimate of drug-likeness (QED) is 0.376. The fraction of sp³-hybridized carbons (Fsp3) is 0.419. The standard InChI is InChI=1S/C31H38O6/c1-22(2)27(32)30-28(33)31(36-20-25-16-10-5-11-17-25)29(35-19-24-14-8-4-9-15-24)26(37-30)21-34-18-23-12-6-3-7-13-23/h3-17,22,26-33H,18-21H2,1-2H3/t26-,27+,28-,29-,30-,31-/m1/s1. The van der Waals surface area contributed by atoms with Crippen LogP contribution in [0.1, 0.15) is 30.5 Å². The topological polar surface area (TPSA) is 77.4 Å². The maximum Gasteiger partial charge on any atom is 0.115 e. The van der Waals surface area contributed by atoms with Gasteiger partial charge in [0.05, 0.1) is 32.5 Å². The largest absolute Gasteiger partial charge is 0.390 e. The van der Waals surface area contributed by atoms with Crippen molar-refractivity contribution in [2.75, 3.05) is 6.61 Å². The van der Waals surface area contributed by atoms with Crippen LogP contribution in [-0.4, -0.2) is 53.4 Å². The van der Waals surface area contributed by atoms with E-state index >= 15 is 0 Å². The molecule has 4 rings (SSSR count). The highest BCUT2D eigenvalue weighted by Crippen LogP contribution is 2.31. The minimum atomic E-state index is -1.08.